The van der Waals surface area contributed by atoms with Crippen molar-refractivity contribution >= 4 is 27.1 Å². The number of amidine groups is 1. The molecular weight excluding hydrogens is 392 g/mol. The second-order valence-electron chi connectivity index (χ2n) is 7.25. The van der Waals surface area contributed by atoms with Crippen LogP contribution in [0.15, 0.2) is 96.0 Å². The van der Waals surface area contributed by atoms with Gasteiger partial charge in [0.2, 0.25) is 0 Å². The van der Waals surface area contributed by atoms with Crippen molar-refractivity contribution in [3.63, 3.8) is 0 Å². The highest BCUT2D eigenvalue weighted by molar-refractivity contribution is 7.90. The first-order valence-corrected chi connectivity index (χ1v) is 11.8. The number of benzene rings is 3. The second-order valence-corrected chi connectivity index (χ2v) is 9.43. The molecule has 0 amide bonds. The molecule has 0 fully saturated rings. The molecule has 0 saturated carbocycles. The summed E-state index contributed by atoms with van der Waals surface area (Å²) in [5, 5.41) is 4.75. The number of rotatable bonds is 8. The van der Waals surface area contributed by atoms with Crippen LogP contribution in [0, 0.1) is 0 Å². The molecule has 0 spiro atoms. The fraction of sp³-hybridized carbons (Fsp3) is 0.160. The lowest BCUT2D eigenvalue weighted by Gasteiger charge is -2.06. The van der Waals surface area contributed by atoms with E-state index in [4.69, 9.17) is 10.3 Å². The lowest BCUT2D eigenvalue weighted by molar-refractivity contribution is 0.593. The standard InChI is InChI=1S/C25H23N2O2S/c28-30(29,19-20-11-4-1-5-12-20)18-10-17-23-26-24(21-13-6-2-7-14-21)25(27-23)22-15-8-3-9-16-22/h1-9,11-16H,10,17-19H2. The summed E-state index contributed by atoms with van der Waals surface area (Å²) in [5.74, 6) is 0.875. The van der Waals surface area contributed by atoms with Gasteiger partial charge in [-0.1, -0.05) is 91.0 Å². The maximum absolute atomic E-state index is 12.5. The molecule has 4 rings (SSSR count). The van der Waals surface area contributed by atoms with Crippen molar-refractivity contribution in [1.82, 2.24) is 5.32 Å². The van der Waals surface area contributed by atoms with E-state index in [1.165, 1.54) is 0 Å². The van der Waals surface area contributed by atoms with Crippen LogP contribution in [0.5, 0.6) is 0 Å². The molecular formula is C25H23N2O2S. The van der Waals surface area contributed by atoms with Crippen LogP contribution in [0.4, 0.5) is 0 Å². The van der Waals surface area contributed by atoms with Crippen LogP contribution in [0.3, 0.4) is 0 Å². The van der Waals surface area contributed by atoms with Crippen molar-refractivity contribution in [3.8, 4) is 0 Å². The van der Waals surface area contributed by atoms with E-state index in [2.05, 4.69) is 0 Å². The minimum atomic E-state index is -3.17. The highest BCUT2D eigenvalue weighted by atomic mass is 32.2. The van der Waals surface area contributed by atoms with Gasteiger partial charge in [0.1, 0.15) is 5.84 Å². The van der Waals surface area contributed by atoms with Gasteiger partial charge in [0, 0.05) is 17.5 Å². The van der Waals surface area contributed by atoms with Gasteiger partial charge in [-0.25, -0.2) is 18.7 Å². The third kappa shape index (κ3) is 5.05. The first kappa shape index (κ1) is 20.1. The number of sulfone groups is 1. The largest absolute Gasteiger partial charge is 0.231 e. The summed E-state index contributed by atoms with van der Waals surface area (Å²) in [4.78, 5) is 4.75. The molecule has 151 valence electrons. The minimum absolute atomic E-state index is 0.0697. The second kappa shape index (κ2) is 9.09. The third-order valence-corrected chi connectivity index (χ3v) is 6.57. The van der Waals surface area contributed by atoms with E-state index in [-0.39, 0.29) is 11.5 Å². The molecule has 0 bridgehead atoms. The van der Waals surface area contributed by atoms with Gasteiger partial charge in [-0.3, -0.25) is 0 Å². The Labute approximate surface area is 177 Å². The Bertz CT molecular complexity index is 1150. The number of nitrogens with zero attached hydrogens (tertiary/aromatic N) is 2. The molecule has 30 heavy (non-hydrogen) atoms. The summed E-state index contributed by atoms with van der Waals surface area (Å²) >= 11 is 0. The van der Waals surface area contributed by atoms with Gasteiger partial charge in [-0.2, -0.15) is 0 Å². The normalized spacial score (nSPS) is 13.8. The van der Waals surface area contributed by atoms with Crippen molar-refractivity contribution in [2.24, 2.45) is 4.99 Å². The Morgan fingerprint density at radius 2 is 1.20 bits per heavy atom. The summed E-state index contributed by atoms with van der Waals surface area (Å²) in [6, 6.07) is 29.2. The Hall–Kier alpha value is -3.18. The maximum atomic E-state index is 12.5. The molecule has 5 heteroatoms. The van der Waals surface area contributed by atoms with Gasteiger partial charge in [-0.15, -0.1) is 0 Å². The van der Waals surface area contributed by atoms with Crippen molar-refractivity contribution in [3.05, 3.63) is 108 Å². The molecule has 0 unspecified atom stereocenters. The van der Waals surface area contributed by atoms with Crippen LogP contribution in [0.2, 0.25) is 0 Å². The Balaban J connectivity index is 1.45. The van der Waals surface area contributed by atoms with Crippen LogP contribution in [0.1, 0.15) is 29.5 Å². The monoisotopic (exact) mass is 415 g/mol. The molecule has 4 nitrogen and oxygen atoms in total. The predicted molar refractivity (Wildman–Crippen MR) is 122 cm³/mol. The number of aliphatic imine (C=N–C) groups is 1. The Kier molecular flexibility index (Phi) is 6.10. The van der Waals surface area contributed by atoms with E-state index in [0.29, 0.717) is 18.7 Å². The molecule has 0 atom stereocenters. The maximum Gasteiger partial charge on any atom is 0.154 e. The van der Waals surface area contributed by atoms with Gasteiger partial charge < -0.3 is 0 Å². The highest BCUT2D eigenvalue weighted by Gasteiger charge is 2.22. The molecule has 0 aromatic heterocycles. The molecule has 1 radical (unpaired) electrons. The van der Waals surface area contributed by atoms with E-state index in [9.17, 15) is 8.42 Å². The SMILES string of the molecule is O=S(=O)(CCCC1=NC(c2ccccc2)=C(c2ccccc2)[N]1)Cc1ccccc1. The van der Waals surface area contributed by atoms with E-state index in [1.807, 2.05) is 91.0 Å². The summed E-state index contributed by atoms with van der Waals surface area (Å²) in [7, 11) is -3.17. The summed E-state index contributed by atoms with van der Waals surface area (Å²) in [6.07, 6.45) is 1.03. The van der Waals surface area contributed by atoms with Gasteiger partial charge in [0.25, 0.3) is 0 Å². The lowest BCUT2D eigenvalue weighted by Crippen LogP contribution is -2.14. The topological polar surface area (TPSA) is 60.6 Å². The van der Waals surface area contributed by atoms with Gasteiger partial charge in [0.05, 0.1) is 22.9 Å². The van der Waals surface area contributed by atoms with Crippen LogP contribution >= 0.6 is 0 Å². The van der Waals surface area contributed by atoms with E-state index < -0.39 is 9.84 Å². The molecule has 1 aliphatic rings. The summed E-state index contributed by atoms with van der Waals surface area (Å²) < 4.78 is 24.9. The molecule has 3 aromatic rings. The van der Waals surface area contributed by atoms with E-state index in [0.717, 1.165) is 28.1 Å². The smallest absolute Gasteiger partial charge is 0.154 e. The van der Waals surface area contributed by atoms with Crippen molar-refractivity contribution in [2.75, 3.05) is 5.75 Å². The zero-order chi connectivity index (χ0) is 20.8. The zero-order valence-corrected chi connectivity index (χ0v) is 17.4. The molecule has 3 aromatic carbocycles. The molecule has 0 saturated heterocycles. The number of hydrogen-bond donors (Lipinski definition) is 0. The third-order valence-electron chi connectivity index (χ3n) is 4.89. The van der Waals surface area contributed by atoms with Gasteiger partial charge >= 0.3 is 0 Å². The summed E-state index contributed by atoms with van der Waals surface area (Å²) in [5.41, 5.74) is 4.51. The fourth-order valence-electron chi connectivity index (χ4n) is 3.45. The lowest BCUT2D eigenvalue weighted by atomic mass is 10.1. The van der Waals surface area contributed by atoms with Crippen LogP contribution < -0.4 is 5.32 Å². The number of hydrogen-bond acceptors (Lipinski definition) is 3. The zero-order valence-electron chi connectivity index (χ0n) is 16.6. The van der Waals surface area contributed by atoms with Crippen LogP contribution in [0.25, 0.3) is 11.4 Å². The molecule has 1 aliphatic heterocycles. The van der Waals surface area contributed by atoms with Crippen molar-refractivity contribution in [1.29, 1.82) is 0 Å². The van der Waals surface area contributed by atoms with E-state index >= 15 is 0 Å². The Morgan fingerprint density at radius 3 is 1.80 bits per heavy atom. The molecule has 1 heterocycles. The first-order valence-electron chi connectivity index (χ1n) is 9.99. The minimum Gasteiger partial charge on any atom is -0.231 e. The highest BCUT2D eigenvalue weighted by Crippen LogP contribution is 2.31. The quantitative estimate of drug-likeness (QED) is 0.524. The van der Waals surface area contributed by atoms with E-state index in [1.54, 1.807) is 0 Å². The van der Waals surface area contributed by atoms with Gasteiger partial charge in [-0.05, 0) is 12.0 Å². The van der Waals surface area contributed by atoms with Crippen LogP contribution in [-0.2, 0) is 15.6 Å². The fourth-order valence-corrected chi connectivity index (χ4v) is 4.87. The predicted octanol–water partition coefficient (Wildman–Crippen LogP) is 4.92. The summed E-state index contributed by atoms with van der Waals surface area (Å²) in [6.45, 7) is 0. The van der Waals surface area contributed by atoms with Crippen molar-refractivity contribution < 1.29 is 8.42 Å². The Morgan fingerprint density at radius 1 is 0.667 bits per heavy atom. The van der Waals surface area contributed by atoms with Crippen LogP contribution in [-0.4, -0.2) is 20.0 Å². The first-order chi connectivity index (χ1) is 14.6. The molecule has 0 aliphatic carbocycles. The van der Waals surface area contributed by atoms with Gasteiger partial charge in [0.15, 0.2) is 9.84 Å². The average molecular weight is 416 g/mol. The van der Waals surface area contributed by atoms with Crippen molar-refractivity contribution in [2.45, 2.75) is 18.6 Å². The average Bonchev–Trinajstić information content (AvgIpc) is 3.19. The molecule has 0 N–H and O–H groups in total.